The van der Waals surface area contributed by atoms with E-state index in [9.17, 15) is 14.4 Å². The molecule has 4 amide bonds. The topological polar surface area (TPSA) is 99.8 Å². The third kappa shape index (κ3) is 6.16. The first-order valence-electron chi connectivity index (χ1n) is 9.15. The number of rotatable bonds is 4. The van der Waals surface area contributed by atoms with Crippen molar-refractivity contribution >= 4 is 29.4 Å². The third-order valence-corrected chi connectivity index (χ3v) is 3.91. The van der Waals surface area contributed by atoms with E-state index in [-0.39, 0.29) is 11.9 Å². The van der Waals surface area contributed by atoms with E-state index in [0.29, 0.717) is 30.9 Å². The van der Waals surface area contributed by atoms with Gasteiger partial charge in [-0.15, -0.1) is 0 Å². The van der Waals surface area contributed by atoms with Crippen LogP contribution in [-0.2, 0) is 9.53 Å². The van der Waals surface area contributed by atoms with Crippen molar-refractivity contribution in [3.05, 3.63) is 24.3 Å². The first kappa shape index (κ1) is 20.5. The zero-order chi connectivity index (χ0) is 20.0. The quantitative estimate of drug-likeness (QED) is 0.751. The van der Waals surface area contributed by atoms with E-state index in [2.05, 4.69) is 16.0 Å². The number of amides is 4. The summed E-state index contributed by atoms with van der Waals surface area (Å²) in [6.07, 6.45) is 0.852. The van der Waals surface area contributed by atoms with Crippen LogP contribution in [0, 0.1) is 0 Å². The normalized spacial score (nSPS) is 16.6. The number of carbonyl (C=O) groups is 3. The van der Waals surface area contributed by atoms with E-state index in [0.717, 1.165) is 6.42 Å². The van der Waals surface area contributed by atoms with Gasteiger partial charge >= 0.3 is 12.1 Å². The van der Waals surface area contributed by atoms with Crippen molar-refractivity contribution in [3.63, 3.8) is 0 Å². The van der Waals surface area contributed by atoms with Gasteiger partial charge in [-0.1, -0.05) is 6.07 Å². The first-order valence-corrected chi connectivity index (χ1v) is 9.15. The molecule has 27 heavy (non-hydrogen) atoms. The molecule has 0 bridgehead atoms. The molecule has 1 aliphatic heterocycles. The predicted molar refractivity (Wildman–Crippen MR) is 104 cm³/mol. The zero-order valence-electron chi connectivity index (χ0n) is 16.3. The summed E-state index contributed by atoms with van der Waals surface area (Å²) in [5, 5.41) is 8.15. The second kappa shape index (κ2) is 8.75. The number of benzene rings is 1. The average Bonchev–Trinajstić information content (AvgIpc) is 3.03. The van der Waals surface area contributed by atoms with E-state index < -0.39 is 17.7 Å². The van der Waals surface area contributed by atoms with Crippen LogP contribution in [0.4, 0.5) is 21.0 Å². The van der Waals surface area contributed by atoms with Crippen LogP contribution in [0.5, 0.6) is 0 Å². The zero-order valence-corrected chi connectivity index (χ0v) is 16.3. The van der Waals surface area contributed by atoms with Crippen molar-refractivity contribution in [2.24, 2.45) is 0 Å². The van der Waals surface area contributed by atoms with Gasteiger partial charge in [0, 0.05) is 24.5 Å². The summed E-state index contributed by atoms with van der Waals surface area (Å²) in [4.78, 5) is 38.1. The summed E-state index contributed by atoms with van der Waals surface area (Å²) in [6, 6.07) is 5.98. The third-order valence-electron chi connectivity index (χ3n) is 3.91. The molecule has 1 heterocycles. The molecule has 1 unspecified atom stereocenters. The summed E-state index contributed by atoms with van der Waals surface area (Å²) in [5.41, 5.74) is 0.499. The van der Waals surface area contributed by atoms with Crippen LogP contribution in [-0.4, -0.2) is 47.7 Å². The van der Waals surface area contributed by atoms with Crippen molar-refractivity contribution in [1.29, 1.82) is 0 Å². The van der Waals surface area contributed by atoms with Crippen LogP contribution in [0.25, 0.3) is 0 Å². The molecule has 1 atom stereocenters. The Morgan fingerprint density at radius 2 is 1.85 bits per heavy atom. The van der Waals surface area contributed by atoms with Crippen molar-refractivity contribution in [2.75, 3.05) is 23.7 Å². The summed E-state index contributed by atoms with van der Waals surface area (Å²) in [7, 11) is 0. The van der Waals surface area contributed by atoms with Gasteiger partial charge in [0.1, 0.15) is 11.6 Å². The van der Waals surface area contributed by atoms with E-state index in [1.807, 2.05) is 6.92 Å². The number of hydrogen-bond donors (Lipinski definition) is 3. The predicted octanol–water partition coefficient (Wildman–Crippen LogP) is 3.17. The fraction of sp³-hybridized carbons (Fsp3) is 0.526. The Balaban J connectivity index is 2.01. The maximum Gasteiger partial charge on any atom is 0.410 e. The molecule has 1 aromatic rings. The molecule has 0 aromatic heterocycles. The smallest absolute Gasteiger partial charge is 0.410 e. The lowest BCUT2D eigenvalue weighted by Crippen LogP contribution is -2.45. The number of carbonyl (C=O) groups excluding carboxylic acids is 3. The lowest BCUT2D eigenvalue weighted by Gasteiger charge is -2.28. The van der Waals surface area contributed by atoms with E-state index in [4.69, 9.17) is 4.74 Å². The number of anilines is 2. The molecule has 8 nitrogen and oxygen atoms in total. The molecular weight excluding hydrogens is 348 g/mol. The van der Waals surface area contributed by atoms with E-state index >= 15 is 0 Å². The number of urea groups is 1. The van der Waals surface area contributed by atoms with Crippen molar-refractivity contribution in [2.45, 2.75) is 52.2 Å². The minimum atomic E-state index is -0.611. The number of ether oxygens (including phenoxy) is 1. The van der Waals surface area contributed by atoms with Crippen LogP contribution in [0.15, 0.2) is 24.3 Å². The molecule has 1 aliphatic rings. The minimum Gasteiger partial charge on any atom is -0.444 e. The fourth-order valence-corrected chi connectivity index (χ4v) is 2.81. The lowest BCUT2D eigenvalue weighted by molar-refractivity contribution is -0.120. The van der Waals surface area contributed by atoms with Crippen LogP contribution in [0.3, 0.4) is 0 Å². The Labute approximate surface area is 159 Å². The van der Waals surface area contributed by atoms with Gasteiger partial charge in [0.2, 0.25) is 5.91 Å². The number of nitrogens with one attached hydrogen (secondary N) is 3. The second-order valence-corrected chi connectivity index (χ2v) is 7.39. The highest BCUT2D eigenvalue weighted by Gasteiger charge is 2.36. The van der Waals surface area contributed by atoms with Gasteiger partial charge in [0.25, 0.3) is 0 Å². The highest BCUT2D eigenvalue weighted by atomic mass is 16.6. The summed E-state index contributed by atoms with van der Waals surface area (Å²) in [5.74, 6) is -0.270. The van der Waals surface area contributed by atoms with Crippen LogP contribution in [0.2, 0.25) is 0 Å². The second-order valence-electron chi connectivity index (χ2n) is 7.39. The van der Waals surface area contributed by atoms with E-state index in [1.165, 1.54) is 4.90 Å². The summed E-state index contributed by atoms with van der Waals surface area (Å²) >= 11 is 0. The van der Waals surface area contributed by atoms with Crippen LogP contribution >= 0.6 is 0 Å². The Bertz CT molecular complexity index is 699. The number of nitrogens with zero attached hydrogens (tertiary/aromatic N) is 1. The summed E-state index contributed by atoms with van der Waals surface area (Å²) < 4.78 is 5.39. The Morgan fingerprint density at radius 1 is 1.19 bits per heavy atom. The molecule has 3 N–H and O–H groups in total. The highest BCUT2D eigenvalue weighted by Crippen LogP contribution is 2.23. The van der Waals surface area contributed by atoms with Gasteiger partial charge in [-0.2, -0.15) is 0 Å². The van der Waals surface area contributed by atoms with Gasteiger partial charge < -0.3 is 20.7 Å². The van der Waals surface area contributed by atoms with Crippen molar-refractivity contribution < 1.29 is 19.1 Å². The van der Waals surface area contributed by atoms with E-state index in [1.54, 1.807) is 45.0 Å². The molecule has 1 aromatic carbocycles. The molecule has 1 saturated heterocycles. The van der Waals surface area contributed by atoms with Crippen molar-refractivity contribution in [3.8, 4) is 0 Å². The maximum absolute atomic E-state index is 12.7. The number of hydrogen-bond acceptors (Lipinski definition) is 4. The molecule has 2 rings (SSSR count). The molecule has 0 radical (unpaired) electrons. The first-order chi connectivity index (χ1) is 12.7. The molecule has 0 saturated carbocycles. The molecule has 148 valence electrons. The fourth-order valence-electron chi connectivity index (χ4n) is 2.81. The van der Waals surface area contributed by atoms with Gasteiger partial charge in [-0.3, -0.25) is 9.69 Å². The van der Waals surface area contributed by atoms with Gasteiger partial charge in [-0.05, 0) is 58.7 Å². The molecular formula is C19H28N4O4. The molecule has 0 aliphatic carbocycles. The maximum atomic E-state index is 12.7. The van der Waals surface area contributed by atoms with Gasteiger partial charge in [0.15, 0.2) is 0 Å². The largest absolute Gasteiger partial charge is 0.444 e. The standard InChI is InChI=1S/C19H28N4O4/c1-5-20-17(25)22-14-9-6-8-13(12-14)21-16(24)15-10-7-11-23(15)18(26)27-19(2,3)4/h6,8-9,12,15H,5,7,10-11H2,1-4H3,(H,21,24)(H2,20,22,25). The van der Waals surface area contributed by atoms with Crippen LogP contribution in [0.1, 0.15) is 40.5 Å². The Hall–Kier alpha value is -2.77. The average molecular weight is 376 g/mol. The van der Waals surface area contributed by atoms with Gasteiger partial charge in [-0.25, -0.2) is 9.59 Å². The van der Waals surface area contributed by atoms with Crippen molar-refractivity contribution in [1.82, 2.24) is 10.2 Å². The Morgan fingerprint density at radius 3 is 2.48 bits per heavy atom. The molecule has 0 spiro atoms. The molecule has 8 heteroatoms. The number of likely N-dealkylation sites (tertiary alicyclic amines) is 1. The van der Waals surface area contributed by atoms with Crippen LogP contribution < -0.4 is 16.0 Å². The van der Waals surface area contributed by atoms with Gasteiger partial charge in [0.05, 0.1) is 0 Å². The summed E-state index contributed by atoms with van der Waals surface area (Å²) in [6.45, 7) is 8.22. The minimum absolute atomic E-state index is 0.270. The molecule has 1 fully saturated rings. The highest BCUT2D eigenvalue weighted by molar-refractivity contribution is 5.98. The monoisotopic (exact) mass is 376 g/mol. The SMILES string of the molecule is CCNC(=O)Nc1cccc(NC(=O)C2CCCN2C(=O)OC(C)(C)C)c1. The lowest BCUT2D eigenvalue weighted by atomic mass is 10.2. The Kier molecular flexibility index (Phi) is 6.65.